The summed E-state index contributed by atoms with van der Waals surface area (Å²) in [4.78, 5) is 24.1. The van der Waals surface area contributed by atoms with Crippen molar-refractivity contribution in [2.45, 2.75) is 39.7 Å². The molecule has 30 heavy (non-hydrogen) atoms. The van der Waals surface area contributed by atoms with Gasteiger partial charge in [0.15, 0.2) is 0 Å². The highest BCUT2D eigenvalue weighted by molar-refractivity contribution is 5.76. The van der Waals surface area contributed by atoms with Crippen molar-refractivity contribution in [3.8, 4) is 5.88 Å². The molecule has 3 rings (SSSR count). The van der Waals surface area contributed by atoms with Crippen molar-refractivity contribution in [3.05, 3.63) is 65.5 Å². The number of aromatic nitrogens is 3. The number of pyridine rings is 1. The average Bonchev–Trinajstić information content (AvgIpc) is 3.50. The van der Waals surface area contributed by atoms with Crippen LogP contribution < -0.4 is 4.74 Å². The molecule has 2 unspecified atom stereocenters. The topological polar surface area (TPSA) is 68.2 Å². The predicted molar refractivity (Wildman–Crippen MR) is 109 cm³/mol. The van der Waals surface area contributed by atoms with Crippen LogP contribution in [0.5, 0.6) is 5.88 Å². The van der Waals surface area contributed by atoms with Gasteiger partial charge in [-0.05, 0) is 50.5 Å². The largest absolute Gasteiger partial charge is 0.477 e. The summed E-state index contributed by atoms with van der Waals surface area (Å²) in [5.74, 6) is 1.64. The van der Waals surface area contributed by atoms with Crippen molar-refractivity contribution in [3.63, 3.8) is 0 Å². The number of halogens is 2. The van der Waals surface area contributed by atoms with Crippen molar-refractivity contribution >= 4 is 12.0 Å². The fourth-order valence-electron chi connectivity index (χ4n) is 3.09. The summed E-state index contributed by atoms with van der Waals surface area (Å²) in [6.07, 6.45) is 8.69. The number of alkyl halides is 2. The number of carbonyl (C=O) groups excluding carboxylic acids is 1. The van der Waals surface area contributed by atoms with Crippen LogP contribution in [-0.2, 0) is 4.79 Å². The fraction of sp³-hybridized carbons (Fsp3) is 0.364. The number of hydrogen-bond acceptors (Lipinski definition) is 5. The molecular weight excluding hydrogens is 390 g/mol. The molecule has 1 amide bonds. The van der Waals surface area contributed by atoms with E-state index in [2.05, 4.69) is 21.0 Å². The number of amides is 1. The van der Waals surface area contributed by atoms with Gasteiger partial charge in [0.25, 0.3) is 0 Å². The van der Waals surface area contributed by atoms with Gasteiger partial charge < -0.3 is 4.74 Å². The number of rotatable bonds is 9. The number of hydrogen-bond donors (Lipinski definition) is 0. The van der Waals surface area contributed by atoms with Gasteiger partial charge in [-0.3, -0.25) is 14.7 Å². The third-order valence-corrected chi connectivity index (χ3v) is 4.94. The highest BCUT2D eigenvalue weighted by atomic mass is 19.3. The molecular formula is C22H24F2N4O2. The van der Waals surface area contributed by atoms with Crippen LogP contribution in [0.1, 0.15) is 41.9 Å². The van der Waals surface area contributed by atoms with Crippen LogP contribution in [0.25, 0.3) is 5.57 Å². The van der Waals surface area contributed by atoms with Crippen molar-refractivity contribution in [1.29, 1.82) is 0 Å². The maximum atomic E-state index is 12.8. The highest BCUT2D eigenvalue weighted by Crippen LogP contribution is 2.46. The Kier molecular flexibility index (Phi) is 6.87. The third-order valence-electron chi connectivity index (χ3n) is 4.94. The molecule has 0 aliphatic heterocycles. The Labute approximate surface area is 174 Å². The zero-order chi connectivity index (χ0) is 21.7. The minimum Gasteiger partial charge on any atom is -0.477 e. The van der Waals surface area contributed by atoms with Gasteiger partial charge in [-0.25, -0.2) is 4.98 Å². The van der Waals surface area contributed by atoms with E-state index < -0.39 is 6.55 Å². The Morgan fingerprint density at radius 1 is 1.30 bits per heavy atom. The lowest BCUT2D eigenvalue weighted by atomic mass is 10.1. The molecule has 2 atom stereocenters. The fourth-order valence-corrected chi connectivity index (χ4v) is 3.09. The van der Waals surface area contributed by atoms with Crippen LogP contribution in [-0.4, -0.2) is 39.4 Å². The molecule has 158 valence electrons. The summed E-state index contributed by atoms with van der Waals surface area (Å²) in [5.41, 5.74) is 3.33. The molecule has 8 heteroatoms. The van der Waals surface area contributed by atoms with E-state index in [1.807, 2.05) is 19.2 Å². The Hall–Kier alpha value is -3.16. The molecule has 2 aromatic rings. The molecule has 0 aromatic carbocycles. The van der Waals surface area contributed by atoms with Crippen LogP contribution in [0.4, 0.5) is 8.78 Å². The normalized spacial score (nSPS) is 18.7. The predicted octanol–water partition coefficient (Wildman–Crippen LogP) is 4.27. The summed E-state index contributed by atoms with van der Waals surface area (Å²) < 4.78 is 31.5. The van der Waals surface area contributed by atoms with Gasteiger partial charge in [0.2, 0.25) is 12.3 Å². The molecule has 1 aliphatic carbocycles. The van der Waals surface area contributed by atoms with Gasteiger partial charge in [0.05, 0.1) is 12.2 Å². The van der Waals surface area contributed by atoms with Crippen molar-refractivity contribution in [2.75, 3.05) is 6.61 Å². The number of allylic oxidation sites excluding steroid dienone is 3. The first-order valence-electron chi connectivity index (χ1n) is 9.67. The molecule has 0 bridgehead atoms. The molecule has 6 nitrogen and oxygen atoms in total. The number of ether oxygens (including phenoxy) is 1. The van der Waals surface area contributed by atoms with Crippen molar-refractivity contribution < 1.29 is 18.3 Å². The summed E-state index contributed by atoms with van der Waals surface area (Å²) in [6, 6.07) is 4.10. The third kappa shape index (κ3) is 5.25. The first-order valence-corrected chi connectivity index (χ1v) is 9.67. The number of carbonyl (C=O) groups is 1. The molecule has 0 N–H and O–H groups in total. The monoisotopic (exact) mass is 414 g/mol. The maximum absolute atomic E-state index is 12.8. The zero-order valence-corrected chi connectivity index (χ0v) is 17.1. The Balaban J connectivity index is 1.71. The van der Waals surface area contributed by atoms with E-state index in [0.29, 0.717) is 41.3 Å². The van der Waals surface area contributed by atoms with E-state index in [4.69, 9.17) is 4.74 Å². The molecule has 1 aliphatic rings. The lowest BCUT2D eigenvalue weighted by molar-refractivity contribution is -0.125. The summed E-state index contributed by atoms with van der Waals surface area (Å²) in [6.45, 7) is 3.08. The van der Waals surface area contributed by atoms with E-state index in [0.717, 1.165) is 23.9 Å². The minimum absolute atomic E-state index is 0.0733. The lowest BCUT2D eigenvalue weighted by Crippen LogP contribution is -2.20. The summed E-state index contributed by atoms with van der Waals surface area (Å²) in [7, 11) is 0. The highest BCUT2D eigenvalue weighted by Gasteiger charge is 2.40. The zero-order valence-electron chi connectivity index (χ0n) is 17.1. The van der Waals surface area contributed by atoms with E-state index in [1.54, 1.807) is 26.1 Å². The standard InChI is InChI=1S/C22H24F2N4O2/c1-4-16(7-8-28(13-29)22(23)24)19-11-25-15(3)27-21(19)30-12-17-9-18(17)20-6-5-14(2)10-26-20/h4-8,10-11,13,17-18,22H,9,12H2,1-3H3/b8-7-,16-4+. The molecule has 1 fully saturated rings. The van der Waals surface area contributed by atoms with Crippen LogP contribution in [0.2, 0.25) is 0 Å². The number of nitrogens with zero attached hydrogens (tertiary/aromatic N) is 4. The lowest BCUT2D eigenvalue weighted by Gasteiger charge is -2.13. The second-order valence-corrected chi connectivity index (χ2v) is 7.20. The minimum atomic E-state index is -2.91. The van der Waals surface area contributed by atoms with Gasteiger partial charge in [-0.2, -0.15) is 13.8 Å². The molecule has 2 aromatic heterocycles. The molecule has 0 saturated heterocycles. The van der Waals surface area contributed by atoms with E-state index in [1.165, 1.54) is 6.08 Å². The molecule has 1 saturated carbocycles. The van der Waals surface area contributed by atoms with Gasteiger partial charge >= 0.3 is 6.55 Å². The second-order valence-electron chi connectivity index (χ2n) is 7.20. The Bertz CT molecular complexity index is 945. The van der Waals surface area contributed by atoms with Gasteiger partial charge in [0.1, 0.15) is 5.82 Å². The van der Waals surface area contributed by atoms with Crippen molar-refractivity contribution in [2.24, 2.45) is 5.92 Å². The number of aryl methyl sites for hydroxylation is 2. The second kappa shape index (κ2) is 9.56. The quantitative estimate of drug-likeness (QED) is 0.348. The van der Waals surface area contributed by atoms with Crippen LogP contribution in [0.3, 0.4) is 0 Å². The SMILES string of the molecule is C/C=C(\C=C/N(C=O)C(F)F)c1cnc(C)nc1OCC1CC1c1ccc(C)cn1. The molecule has 0 radical (unpaired) electrons. The van der Waals surface area contributed by atoms with Crippen LogP contribution >= 0.6 is 0 Å². The van der Waals surface area contributed by atoms with E-state index in [-0.39, 0.29) is 11.3 Å². The summed E-state index contributed by atoms with van der Waals surface area (Å²) >= 11 is 0. The van der Waals surface area contributed by atoms with Gasteiger partial charge in [-0.15, -0.1) is 0 Å². The first kappa shape index (κ1) is 21.5. The Morgan fingerprint density at radius 2 is 2.10 bits per heavy atom. The Morgan fingerprint density at radius 3 is 2.73 bits per heavy atom. The summed E-state index contributed by atoms with van der Waals surface area (Å²) in [5, 5.41) is 0. The van der Waals surface area contributed by atoms with E-state index >= 15 is 0 Å². The van der Waals surface area contributed by atoms with E-state index in [9.17, 15) is 13.6 Å². The van der Waals surface area contributed by atoms with Gasteiger partial charge in [-0.1, -0.05) is 12.1 Å². The van der Waals surface area contributed by atoms with Crippen molar-refractivity contribution in [1.82, 2.24) is 19.9 Å². The first-order chi connectivity index (χ1) is 14.4. The van der Waals surface area contributed by atoms with Crippen LogP contribution in [0.15, 0.2) is 42.9 Å². The maximum Gasteiger partial charge on any atom is 0.320 e. The van der Waals surface area contributed by atoms with Crippen LogP contribution in [0, 0.1) is 19.8 Å². The molecule has 0 spiro atoms. The average molecular weight is 414 g/mol. The van der Waals surface area contributed by atoms with Gasteiger partial charge in [0, 0.05) is 36.1 Å². The molecule has 2 heterocycles. The smallest absolute Gasteiger partial charge is 0.320 e.